The molecule has 13 heavy (non-hydrogen) atoms. The van der Waals surface area contributed by atoms with Crippen LogP contribution in [0.25, 0.3) is 0 Å². The van der Waals surface area contributed by atoms with Crippen LogP contribution in [0.3, 0.4) is 0 Å². The summed E-state index contributed by atoms with van der Waals surface area (Å²) in [6, 6.07) is 1.89. The number of aromatic amines is 1. The Bertz CT molecular complexity index is 258. The number of nitrogens with one attached hydrogen (secondary N) is 1. The second-order valence-electron chi connectivity index (χ2n) is 3.69. The average molecular weight is 181 g/mol. The van der Waals surface area contributed by atoms with Crippen molar-refractivity contribution in [1.29, 1.82) is 0 Å². The summed E-state index contributed by atoms with van der Waals surface area (Å²) in [6.45, 7) is 2.89. The molecule has 0 saturated carbocycles. The van der Waals surface area contributed by atoms with E-state index in [9.17, 15) is 5.11 Å². The number of ether oxygens (including phenoxy) is 1. The Hall–Kier alpha value is -0.800. The third-order valence-corrected chi connectivity index (χ3v) is 2.72. The van der Waals surface area contributed by atoms with Gasteiger partial charge in [-0.1, -0.05) is 6.92 Å². The van der Waals surface area contributed by atoms with Crippen LogP contribution in [0.5, 0.6) is 0 Å². The molecule has 0 aliphatic carbocycles. The Morgan fingerprint density at radius 2 is 2.54 bits per heavy atom. The lowest BCUT2D eigenvalue weighted by atomic mass is 9.96. The van der Waals surface area contributed by atoms with Crippen molar-refractivity contribution in [2.45, 2.75) is 25.6 Å². The Morgan fingerprint density at radius 3 is 3.08 bits per heavy atom. The highest BCUT2D eigenvalue weighted by Gasteiger charge is 2.31. The van der Waals surface area contributed by atoms with Gasteiger partial charge >= 0.3 is 0 Å². The molecule has 0 radical (unpaired) electrons. The van der Waals surface area contributed by atoms with Crippen molar-refractivity contribution in [3.8, 4) is 0 Å². The van der Waals surface area contributed by atoms with Crippen LogP contribution in [-0.4, -0.2) is 22.8 Å². The van der Waals surface area contributed by atoms with Crippen molar-refractivity contribution in [3.63, 3.8) is 0 Å². The molecule has 3 unspecified atom stereocenters. The predicted octanol–water partition coefficient (Wildman–Crippen LogP) is 1.47. The van der Waals surface area contributed by atoms with E-state index in [1.807, 2.05) is 18.5 Å². The summed E-state index contributed by atoms with van der Waals surface area (Å²) < 4.78 is 5.49. The number of H-pyrrole nitrogens is 1. The van der Waals surface area contributed by atoms with Crippen LogP contribution in [0.15, 0.2) is 18.5 Å². The van der Waals surface area contributed by atoms with Gasteiger partial charge < -0.3 is 14.8 Å². The topological polar surface area (TPSA) is 45.2 Å². The zero-order valence-electron chi connectivity index (χ0n) is 7.73. The molecule has 1 aliphatic heterocycles. The predicted molar refractivity (Wildman–Crippen MR) is 49.3 cm³/mol. The fraction of sp³-hybridized carbons (Fsp3) is 0.600. The zero-order chi connectivity index (χ0) is 9.26. The van der Waals surface area contributed by atoms with Gasteiger partial charge in [-0.15, -0.1) is 0 Å². The second-order valence-corrected chi connectivity index (χ2v) is 3.69. The highest BCUT2D eigenvalue weighted by molar-refractivity contribution is 5.14. The van der Waals surface area contributed by atoms with Gasteiger partial charge in [0.1, 0.15) is 6.10 Å². The van der Waals surface area contributed by atoms with Crippen molar-refractivity contribution in [3.05, 3.63) is 24.0 Å². The maximum Gasteiger partial charge on any atom is 0.107 e. The van der Waals surface area contributed by atoms with Crippen LogP contribution in [0.2, 0.25) is 0 Å². The molecule has 0 spiro atoms. The summed E-state index contributed by atoms with van der Waals surface area (Å²) in [6.07, 6.45) is 4.17. The second kappa shape index (κ2) is 3.52. The molecule has 0 amide bonds. The monoisotopic (exact) mass is 181 g/mol. The van der Waals surface area contributed by atoms with Crippen molar-refractivity contribution < 1.29 is 9.84 Å². The molecule has 1 aromatic heterocycles. The molecule has 3 nitrogen and oxygen atoms in total. The van der Waals surface area contributed by atoms with E-state index < -0.39 is 6.10 Å². The number of aliphatic hydroxyl groups excluding tert-OH is 1. The number of aromatic nitrogens is 1. The van der Waals surface area contributed by atoms with Crippen LogP contribution in [-0.2, 0) is 4.74 Å². The molecule has 1 saturated heterocycles. The molecule has 2 rings (SSSR count). The Kier molecular flexibility index (Phi) is 2.38. The molecule has 2 N–H and O–H groups in total. The highest BCUT2D eigenvalue weighted by atomic mass is 16.5. The summed E-state index contributed by atoms with van der Waals surface area (Å²) in [5, 5.41) is 9.93. The minimum absolute atomic E-state index is 0.0317. The molecule has 1 fully saturated rings. The minimum Gasteiger partial charge on any atom is -0.386 e. The Labute approximate surface area is 77.7 Å². The van der Waals surface area contributed by atoms with E-state index in [1.165, 1.54) is 0 Å². The van der Waals surface area contributed by atoms with E-state index >= 15 is 0 Å². The van der Waals surface area contributed by atoms with E-state index in [0.717, 1.165) is 18.6 Å². The lowest BCUT2D eigenvalue weighted by Gasteiger charge is -2.20. The summed E-state index contributed by atoms with van der Waals surface area (Å²) >= 11 is 0. The van der Waals surface area contributed by atoms with E-state index in [0.29, 0.717) is 5.92 Å². The lowest BCUT2D eigenvalue weighted by Crippen LogP contribution is -2.22. The zero-order valence-corrected chi connectivity index (χ0v) is 7.73. The lowest BCUT2D eigenvalue weighted by molar-refractivity contribution is -0.0177. The maximum atomic E-state index is 9.93. The van der Waals surface area contributed by atoms with Crippen LogP contribution >= 0.6 is 0 Å². The normalized spacial score (nSPS) is 30.6. The van der Waals surface area contributed by atoms with Gasteiger partial charge in [0.05, 0.1) is 6.10 Å². The third kappa shape index (κ3) is 1.62. The molecule has 3 heteroatoms. The molecule has 72 valence electrons. The minimum atomic E-state index is -0.483. The summed E-state index contributed by atoms with van der Waals surface area (Å²) in [7, 11) is 0. The summed E-state index contributed by atoms with van der Waals surface area (Å²) in [5.41, 5.74) is 0.916. The van der Waals surface area contributed by atoms with E-state index in [1.54, 1.807) is 0 Å². The fourth-order valence-electron chi connectivity index (χ4n) is 1.83. The van der Waals surface area contributed by atoms with Crippen molar-refractivity contribution in [1.82, 2.24) is 4.98 Å². The Morgan fingerprint density at radius 1 is 1.69 bits per heavy atom. The van der Waals surface area contributed by atoms with E-state index in [-0.39, 0.29) is 6.10 Å². The van der Waals surface area contributed by atoms with Gasteiger partial charge in [-0.3, -0.25) is 0 Å². The third-order valence-electron chi connectivity index (χ3n) is 2.72. The quantitative estimate of drug-likeness (QED) is 0.725. The molecular weight excluding hydrogens is 166 g/mol. The first-order valence-corrected chi connectivity index (χ1v) is 4.71. The van der Waals surface area contributed by atoms with Gasteiger partial charge in [0.15, 0.2) is 0 Å². The van der Waals surface area contributed by atoms with E-state index in [2.05, 4.69) is 11.9 Å². The smallest absolute Gasteiger partial charge is 0.107 e. The largest absolute Gasteiger partial charge is 0.386 e. The molecule has 1 aromatic rings. The first-order valence-electron chi connectivity index (χ1n) is 4.71. The average Bonchev–Trinajstić information content (AvgIpc) is 2.72. The molecular formula is C10H15NO2. The standard InChI is InChI=1S/C10H15NO2/c1-7-3-5-13-10(7)9(12)8-2-4-11-6-8/h2,4,6-7,9-12H,3,5H2,1H3. The fourth-order valence-corrected chi connectivity index (χ4v) is 1.83. The van der Waals surface area contributed by atoms with Crippen LogP contribution in [0.4, 0.5) is 0 Å². The van der Waals surface area contributed by atoms with Crippen molar-refractivity contribution >= 4 is 0 Å². The molecule has 2 heterocycles. The molecule has 0 bridgehead atoms. The van der Waals surface area contributed by atoms with Gasteiger partial charge in [-0.2, -0.15) is 0 Å². The van der Waals surface area contributed by atoms with Crippen LogP contribution < -0.4 is 0 Å². The van der Waals surface area contributed by atoms with Crippen LogP contribution in [0.1, 0.15) is 25.0 Å². The van der Waals surface area contributed by atoms with Gasteiger partial charge in [0.2, 0.25) is 0 Å². The van der Waals surface area contributed by atoms with Crippen molar-refractivity contribution in [2.24, 2.45) is 5.92 Å². The Balaban J connectivity index is 2.08. The summed E-state index contributed by atoms with van der Waals surface area (Å²) in [5.74, 6) is 0.449. The molecule has 1 aliphatic rings. The molecule has 3 atom stereocenters. The first kappa shape index (κ1) is 8.78. The number of rotatable bonds is 2. The maximum absolute atomic E-state index is 9.93. The van der Waals surface area contributed by atoms with Gasteiger partial charge in [0.25, 0.3) is 0 Å². The number of hydrogen-bond donors (Lipinski definition) is 2. The van der Waals surface area contributed by atoms with Gasteiger partial charge in [0, 0.05) is 24.6 Å². The van der Waals surface area contributed by atoms with Gasteiger partial charge in [-0.25, -0.2) is 0 Å². The van der Waals surface area contributed by atoms with Crippen molar-refractivity contribution in [2.75, 3.05) is 6.61 Å². The van der Waals surface area contributed by atoms with Crippen LogP contribution in [0, 0.1) is 5.92 Å². The number of hydrogen-bond acceptors (Lipinski definition) is 2. The van der Waals surface area contributed by atoms with E-state index in [4.69, 9.17) is 4.74 Å². The summed E-state index contributed by atoms with van der Waals surface area (Å²) in [4.78, 5) is 2.93. The van der Waals surface area contributed by atoms with Gasteiger partial charge in [-0.05, 0) is 18.4 Å². The first-order chi connectivity index (χ1) is 6.29. The number of aliphatic hydroxyl groups is 1. The molecule has 0 aromatic carbocycles. The highest BCUT2D eigenvalue weighted by Crippen LogP contribution is 2.30. The SMILES string of the molecule is CC1CCOC1C(O)c1cc[nH]c1.